The average molecular weight is 300 g/mol. The number of aliphatic hydroxyl groups excluding tert-OH is 1. The minimum Gasteiger partial charge on any atom is -0.388 e. The van der Waals surface area contributed by atoms with E-state index in [0.29, 0.717) is 12.0 Å². The number of phosphoric acid groups is 1. The van der Waals surface area contributed by atoms with Crippen LogP contribution in [0.4, 0.5) is 0 Å². The van der Waals surface area contributed by atoms with Gasteiger partial charge in [0, 0.05) is 20.6 Å². The highest BCUT2D eigenvalue weighted by Gasteiger charge is 2.27. The van der Waals surface area contributed by atoms with E-state index in [0.717, 1.165) is 5.56 Å². The summed E-state index contributed by atoms with van der Waals surface area (Å²) in [6.07, 6.45) is -0.933. The lowest BCUT2D eigenvalue weighted by Crippen LogP contribution is -2.13. The number of phosphoric ester groups is 1. The first-order valence-corrected chi connectivity index (χ1v) is 7.68. The van der Waals surface area contributed by atoms with Crippen LogP contribution in [-0.2, 0) is 18.1 Å². The van der Waals surface area contributed by atoms with Crippen molar-refractivity contribution >= 4 is 7.82 Å². The monoisotopic (exact) mass is 300 g/mol. The summed E-state index contributed by atoms with van der Waals surface area (Å²) in [5.41, 5.74) is 1.40. The molecule has 0 aliphatic carbocycles. The van der Waals surface area contributed by atoms with Crippen molar-refractivity contribution in [1.29, 1.82) is 0 Å². The van der Waals surface area contributed by atoms with Gasteiger partial charge in [0.2, 0.25) is 0 Å². The van der Waals surface area contributed by atoms with Crippen molar-refractivity contribution in [1.82, 2.24) is 0 Å². The van der Waals surface area contributed by atoms with Gasteiger partial charge in [0.1, 0.15) is 0 Å². The molecule has 1 rings (SSSR count). The van der Waals surface area contributed by atoms with Crippen LogP contribution in [0.2, 0.25) is 0 Å². The molecule has 5 nitrogen and oxygen atoms in total. The second kappa shape index (κ2) is 7.72. The molecule has 1 aromatic rings. The van der Waals surface area contributed by atoms with Gasteiger partial charge in [-0.2, -0.15) is 0 Å². The lowest BCUT2D eigenvalue weighted by Gasteiger charge is -2.22. The van der Waals surface area contributed by atoms with Crippen LogP contribution in [0.3, 0.4) is 0 Å². The standard InChI is InChI=1S/C14H21O5P/c1-11(12(2)19-20(16,17-3)18-4)10-14(15)13-8-6-5-7-9-13/h5-9,12,14-15H,1,10H2,2-4H3/t12-,14-/m1/s1. The summed E-state index contributed by atoms with van der Waals surface area (Å²) < 4.78 is 26.5. The Balaban J connectivity index is 2.60. The van der Waals surface area contributed by atoms with E-state index in [1.165, 1.54) is 14.2 Å². The third-order valence-corrected chi connectivity index (χ3v) is 4.42. The normalized spacial score (nSPS) is 14.8. The predicted octanol–water partition coefficient (Wildman–Crippen LogP) is 3.47. The summed E-state index contributed by atoms with van der Waals surface area (Å²) in [5.74, 6) is 0. The fourth-order valence-corrected chi connectivity index (χ4v) is 2.49. The van der Waals surface area contributed by atoms with Gasteiger partial charge in [-0.1, -0.05) is 36.9 Å². The zero-order valence-corrected chi connectivity index (χ0v) is 12.9. The Morgan fingerprint density at radius 3 is 2.35 bits per heavy atom. The van der Waals surface area contributed by atoms with Gasteiger partial charge in [0.15, 0.2) is 0 Å². The fourth-order valence-electron chi connectivity index (χ4n) is 1.64. The van der Waals surface area contributed by atoms with Crippen LogP contribution < -0.4 is 0 Å². The molecule has 20 heavy (non-hydrogen) atoms. The maximum Gasteiger partial charge on any atom is 0.474 e. The molecule has 0 amide bonds. The number of benzene rings is 1. The third kappa shape index (κ3) is 4.85. The predicted molar refractivity (Wildman–Crippen MR) is 77.3 cm³/mol. The smallest absolute Gasteiger partial charge is 0.388 e. The van der Waals surface area contributed by atoms with Gasteiger partial charge >= 0.3 is 7.82 Å². The first kappa shape index (κ1) is 17.1. The summed E-state index contributed by atoms with van der Waals surface area (Å²) in [5, 5.41) is 10.1. The average Bonchev–Trinajstić information content (AvgIpc) is 2.47. The highest BCUT2D eigenvalue weighted by Crippen LogP contribution is 2.49. The second-order valence-electron chi connectivity index (χ2n) is 4.35. The van der Waals surface area contributed by atoms with Crippen LogP contribution in [-0.4, -0.2) is 25.4 Å². The lowest BCUT2D eigenvalue weighted by atomic mass is 10.00. The fraction of sp³-hybridized carbons (Fsp3) is 0.429. The highest BCUT2D eigenvalue weighted by molar-refractivity contribution is 7.48. The van der Waals surface area contributed by atoms with Crippen molar-refractivity contribution in [2.45, 2.75) is 25.6 Å². The quantitative estimate of drug-likeness (QED) is 0.588. The van der Waals surface area contributed by atoms with Crippen molar-refractivity contribution in [3.8, 4) is 0 Å². The van der Waals surface area contributed by atoms with Crippen LogP contribution in [0.5, 0.6) is 0 Å². The van der Waals surface area contributed by atoms with Crippen molar-refractivity contribution in [2.24, 2.45) is 0 Å². The van der Waals surface area contributed by atoms with Gasteiger partial charge in [0.25, 0.3) is 0 Å². The summed E-state index contributed by atoms with van der Waals surface area (Å²) in [6, 6.07) is 9.25. The summed E-state index contributed by atoms with van der Waals surface area (Å²) in [7, 11) is -1.05. The molecule has 2 atom stereocenters. The van der Waals surface area contributed by atoms with Crippen LogP contribution in [0.25, 0.3) is 0 Å². The molecule has 0 unspecified atom stereocenters. The Morgan fingerprint density at radius 2 is 1.85 bits per heavy atom. The zero-order valence-electron chi connectivity index (χ0n) is 12.0. The van der Waals surface area contributed by atoms with E-state index in [-0.39, 0.29) is 0 Å². The molecule has 0 aliphatic rings. The van der Waals surface area contributed by atoms with Gasteiger partial charge in [-0.25, -0.2) is 4.57 Å². The molecule has 1 N–H and O–H groups in total. The molecular formula is C14H21O5P. The Morgan fingerprint density at radius 1 is 1.30 bits per heavy atom. The Kier molecular flexibility index (Phi) is 6.59. The van der Waals surface area contributed by atoms with E-state index in [1.807, 2.05) is 30.3 Å². The van der Waals surface area contributed by atoms with Crippen molar-refractivity contribution in [3.05, 3.63) is 48.0 Å². The number of aliphatic hydroxyl groups is 1. The van der Waals surface area contributed by atoms with Crippen LogP contribution in [0, 0.1) is 0 Å². The van der Waals surface area contributed by atoms with Crippen molar-refractivity contribution in [2.75, 3.05) is 14.2 Å². The minimum absolute atomic E-state index is 0.304. The molecule has 6 heteroatoms. The first-order chi connectivity index (χ1) is 9.41. The van der Waals surface area contributed by atoms with Crippen LogP contribution in [0.1, 0.15) is 25.0 Å². The Hall–Kier alpha value is -0.970. The van der Waals surface area contributed by atoms with Crippen LogP contribution >= 0.6 is 7.82 Å². The number of rotatable bonds is 8. The molecule has 0 heterocycles. The third-order valence-electron chi connectivity index (χ3n) is 2.95. The van der Waals surface area contributed by atoms with Crippen LogP contribution in [0.15, 0.2) is 42.5 Å². The second-order valence-corrected chi connectivity index (χ2v) is 6.18. The van der Waals surface area contributed by atoms with Gasteiger partial charge in [-0.15, -0.1) is 0 Å². The van der Waals surface area contributed by atoms with Crippen molar-refractivity contribution in [3.63, 3.8) is 0 Å². The molecule has 0 bridgehead atoms. The summed E-state index contributed by atoms with van der Waals surface area (Å²) in [4.78, 5) is 0. The molecule has 0 aliphatic heterocycles. The molecular weight excluding hydrogens is 279 g/mol. The molecule has 1 aromatic carbocycles. The SMILES string of the molecule is C=C(C[C@@H](O)c1ccccc1)[C@@H](C)OP(=O)(OC)OC. The van der Waals surface area contributed by atoms with Gasteiger partial charge < -0.3 is 5.11 Å². The van der Waals surface area contributed by atoms with Gasteiger partial charge in [-0.05, 0) is 18.1 Å². The largest absolute Gasteiger partial charge is 0.474 e. The van der Waals surface area contributed by atoms with E-state index >= 15 is 0 Å². The molecule has 112 valence electrons. The molecule has 0 aromatic heterocycles. The zero-order chi connectivity index (χ0) is 15.2. The maximum atomic E-state index is 11.9. The molecule has 0 fully saturated rings. The topological polar surface area (TPSA) is 65.0 Å². The number of hydrogen-bond donors (Lipinski definition) is 1. The van der Waals surface area contributed by atoms with E-state index in [9.17, 15) is 9.67 Å². The Bertz CT molecular complexity index is 466. The summed E-state index contributed by atoms with van der Waals surface area (Å²) >= 11 is 0. The minimum atomic E-state index is -3.55. The van der Waals surface area contributed by atoms with E-state index < -0.39 is 20.0 Å². The van der Waals surface area contributed by atoms with E-state index in [4.69, 9.17) is 13.6 Å². The van der Waals surface area contributed by atoms with Crippen molar-refractivity contribution < 1.29 is 23.2 Å². The Labute approximate surface area is 119 Å². The maximum absolute atomic E-state index is 11.9. The van der Waals surface area contributed by atoms with E-state index in [2.05, 4.69) is 6.58 Å². The lowest BCUT2D eigenvalue weighted by molar-refractivity contribution is 0.118. The number of hydrogen-bond acceptors (Lipinski definition) is 5. The molecule has 0 saturated heterocycles. The van der Waals surface area contributed by atoms with E-state index in [1.54, 1.807) is 6.92 Å². The highest BCUT2D eigenvalue weighted by atomic mass is 31.2. The molecule has 0 spiro atoms. The van der Waals surface area contributed by atoms with Gasteiger partial charge in [0.05, 0.1) is 12.2 Å². The molecule has 0 radical (unpaired) electrons. The first-order valence-electron chi connectivity index (χ1n) is 6.22. The molecule has 0 saturated carbocycles. The van der Waals surface area contributed by atoms with Gasteiger partial charge in [-0.3, -0.25) is 13.6 Å². The summed E-state index contributed by atoms with van der Waals surface area (Å²) in [6.45, 7) is 5.54.